The molecule has 5 heteroatoms. The molecule has 0 aliphatic carbocycles. The third-order valence-corrected chi connectivity index (χ3v) is 7.51. The van der Waals surface area contributed by atoms with Gasteiger partial charge in [-0.05, 0) is 62.9 Å². The van der Waals surface area contributed by atoms with Gasteiger partial charge in [-0.2, -0.15) is 4.31 Å². The Hall–Kier alpha value is -1.69. The quantitative estimate of drug-likeness (QED) is 0.788. The normalized spacial score (nSPS) is 22.1. The van der Waals surface area contributed by atoms with Gasteiger partial charge in [0, 0.05) is 31.7 Å². The van der Waals surface area contributed by atoms with Crippen LogP contribution in [0.3, 0.4) is 0 Å². The van der Waals surface area contributed by atoms with E-state index in [-0.39, 0.29) is 12.1 Å². The highest BCUT2D eigenvalue weighted by molar-refractivity contribution is 7.89. The van der Waals surface area contributed by atoms with Crippen LogP contribution >= 0.6 is 0 Å². The number of sulfonamides is 1. The first-order valence-corrected chi connectivity index (χ1v) is 11.1. The summed E-state index contributed by atoms with van der Waals surface area (Å²) in [7, 11) is -3.45. The second-order valence-corrected chi connectivity index (χ2v) is 9.68. The number of rotatable bonds is 5. The van der Waals surface area contributed by atoms with Crippen molar-refractivity contribution in [2.75, 3.05) is 19.6 Å². The van der Waals surface area contributed by atoms with Crippen LogP contribution in [0.2, 0.25) is 0 Å². The van der Waals surface area contributed by atoms with E-state index in [1.165, 1.54) is 5.56 Å². The zero-order chi connectivity index (χ0) is 19.6. The van der Waals surface area contributed by atoms with Crippen molar-refractivity contribution in [3.63, 3.8) is 0 Å². The maximum atomic E-state index is 13.1. The molecule has 2 atom stereocenters. The van der Waals surface area contributed by atoms with E-state index in [1.54, 1.807) is 16.4 Å². The van der Waals surface area contributed by atoms with E-state index in [1.807, 2.05) is 26.0 Å². The fourth-order valence-electron chi connectivity index (χ4n) is 3.87. The van der Waals surface area contributed by atoms with Gasteiger partial charge in [0.1, 0.15) is 0 Å². The number of benzene rings is 2. The van der Waals surface area contributed by atoms with Gasteiger partial charge in [-0.3, -0.25) is 4.90 Å². The van der Waals surface area contributed by atoms with Crippen molar-refractivity contribution in [3.8, 4) is 0 Å². The number of aryl methyl sites for hydroxylation is 2. The molecule has 2 unspecified atom stereocenters. The van der Waals surface area contributed by atoms with E-state index < -0.39 is 10.0 Å². The lowest BCUT2D eigenvalue weighted by Gasteiger charge is -2.43. The maximum absolute atomic E-state index is 13.1. The Morgan fingerprint density at radius 2 is 1.56 bits per heavy atom. The Kier molecular flexibility index (Phi) is 6.04. The summed E-state index contributed by atoms with van der Waals surface area (Å²) in [4.78, 5) is 2.84. The van der Waals surface area contributed by atoms with E-state index >= 15 is 0 Å². The highest BCUT2D eigenvalue weighted by atomic mass is 32.2. The summed E-state index contributed by atoms with van der Waals surface area (Å²) in [5, 5.41) is 0. The predicted octanol–water partition coefficient (Wildman–Crippen LogP) is 3.63. The Balaban J connectivity index is 1.71. The van der Waals surface area contributed by atoms with Gasteiger partial charge < -0.3 is 0 Å². The van der Waals surface area contributed by atoms with Crippen LogP contribution in [0.25, 0.3) is 0 Å². The minimum Gasteiger partial charge on any atom is -0.295 e. The molecule has 146 valence electrons. The van der Waals surface area contributed by atoms with Crippen LogP contribution in [0.15, 0.2) is 53.4 Å². The second-order valence-electron chi connectivity index (χ2n) is 7.74. The van der Waals surface area contributed by atoms with Crippen LogP contribution in [0.4, 0.5) is 0 Å². The van der Waals surface area contributed by atoms with Gasteiger partial charge >= 0.3 is 0 Å². The lowest BCUT2D eigenvalue weighted by atomic mass is 10.1. The summed E-state index contributed by atoms with van der Waals surface area (Å²) in [6.07, 6.45) is 0.986. The average molecular weight is 387 g/mol. The predicted molar refractivity (Wildman–Crippen MR) is 110 cm³/mol. The largest absolute Gasteiger partial charge is 0.295 e. The molecule has 1 heterocycles. The average Bonchev–Trinajstić information content (AvgIpc) is 2.64. The van der Waals surface area contributed by atoms with Crippen LogP contribution in [0.5, 0.6) is 0 Å². The molecule has 0 amide bonds. The molecule has 0 N–H and O–H groups in total. The first kappa shape index (κ1) is 20.1. The van der Waals surface area contributed by atoms with Gasteiger partial charge in [0.2, 0.25) is 10.0 Å². The molecule has 1 aliphatic heterocycles. The zero-order valence-electron chi connectivity index (χ0n) is 16.7. The zero-order valence-corrected chi connectivity index (χ0v) is 17.5. The Bertz CT molecular complexity index is 868. The number of hydrogen-bond donors (Lipinski definition) is 0. The van der Waals surface area contributed by atoms with Crippen LogP contribution in [-0.2, 0) is 16.4 Å². The molecule has 1 aliphatic rings. The van der Waals surface area contributed by atoms with Gasteiger partial charge in [-0.25, -0.2) is 8.42 Å². The van der Waals surface area contributed by atoms with Gasteiger partial charge in [0.05, 0.1) is 4.90 Å². The molecule has 2 aromatic carbocycles. The lowest BCUT2D eigenvalue weighted by Crippen LogP contribution is -2.58. The topological polar surface area (TPSA) is 40.6 Å². The van der Waals surface area contributed by atoms with E-state index in [4.69, 9.17) is 0 Å². The molecule has 2 aromatic rings. The lowest BCUT2D eigenvalue weighted by molar-refractivity contribution is 0.0784. The molecule has 0 saturated carbocycles. The number of hydrogen-bond acceptors (Lipinski definition) is 3. The van der Waals surface area contributed by atoms with Gasteiger partial charge in [-0.15, -0.1) is 0 Å². The standard InChI is InChI=1S/C22H30N2O2S/c1-17-10-11-22(14-18(17)2)27(25,26)23-15-19(3)24(20(4)16-23)13-12-21-8-6-5-7-9-21/h5-11,14,19-20H,12-13,15-16H2,1-4H3. The number of nitrogens with zero attached hydrogens (tertiary/aromatic N) is 2. The third-order valence-electron chi connectivity index (χ3n) is 5.69. The molecule has 3 rings (SSSR count). The summed E-state index contributed by atoms with van der Waals surface area (Å²) in [6.45, 7) is 10.2. The smallest absolute Gasteiger partial charge is 0.243 e. The Labute approximate surface area is 163 Å². The van der Waals surface area contributed by atoms with Crippen molar-refractivity contribution < 1.29 is 8.42 Å². The molecular formula is C22H30N2O2S. The van der Waals surface area contributed by atoms with Gasteiger partial charge in [0.25, 0.3) is 0 Å². The molecular weight excluding hydrogens is 356 g/mol. The van der Waals surface area contributed by atoms with E-state index in [2.05, 4.69) is 43.0 Å². The van der Waals surface area contributed by atoms with Gasteiger partial charge in [-0.1, -0.05) is 36.4 Å². The third kappa shape index (κ3) is 4.42. The summed E-state index contributed by atoms with van der Waals surface area (Å²) < 4.78 is 27.9. The minimum atomic E-state index is -3.45. The van der Waals surface area contributed by atoms with Crippen molar-refractivity contribution in [1.82, 2.24) is 9.21 Å². The van der Waals surface area contributed by atoms with E-state index in [0.29, 0.717) is 18.0 Å². The highest BCUT2D eigenvalue weighted by Gasteiger charge is 2.35. The molecule has 1 fully saturated rings. The van der Waals surface area contributed by atoms with Crippen LogP contribution in [0.1, 0.15) is 30.5 Å². The van der Waals surface area contributed by atoms with E-state index in [9.17, 15) is 8.42 Å². The van der Waals surface area contributed by atoms with Crippen LogP contribution < -0.4 is 0 Å². The monoisotopic (exact) mass is 386 g/mol. The SMILES string of the molecule is Cc1ccc(S(=O)(=O)N2CC(C)N(CCc3ccccc3)C(C)C2)cc1C. The first-order chi connectivity index (χ1) is 12.8. The molecule has 0 radical (unpaired) electrons. The Morgan fingerprint density at radius 3 is 2.15 bits per heavy atom. The molecule has 0 bridgehead atoms. The fourth-order valence-corrected chi connectivity index (χ4v) is 5.56. The summed E-state index contributed by atoms with van der Waals surface area (Å²) in [5.74, 6) is 0. The molecule has 1 saturated heterocycles. The van der Waals surface area contributed by atoms with Crippen molar-refractivity contribution in [3.05, 3.63) is 65.2 Å². The minimum absolute atomic E-state index is 0.193. The summed E-state index contributed by atoms with van der Waals surface area (Å²) in [6, 6.07) is 16.3. The van der Waals surface area contributed by atoms with E-state index in [0.717, 1.165) is 24.1 Å². The number of piperazine rings is 1. The van der Waals surface area contributed by atoms with Crippen molar-refractivity contribution in [1.29, 1.82) is 0 Å². The summed E-state index contributed by atoms with van der Waals surface area (Å²) in [5.41, 5.74) is 3.45. The van der Waals surface area contributed by atoms with Gasteiger partial charge in [0.15, 0.2) is 0 Å². The Morgan fingerprint density at radius 1 is 0.926 bits per heavy atom. The van der Waals surface area contributed by atoms with Crippen molar-refractivity contribution in [2.45, 2.75) is 51.1 Å². The van der Waals surface area contributed by atoms with Crippen molar-refractivity contribution in [2.24, 2.45) is 0 Å². The molecule has 4 nitrogen and oxygen atoms in total. The fraction of sp³-hybridized carbons (Fsp3) is 0.455. The second kappa shape index (κ2) is 8.13. The summed E-state index contributed by atoms with van der Waals surface area (Å²) >= 11 is 0. The van der Waals surface area contributed by atoms with Crippen molar-refractivity contribution >= 4 is 10.0 Å². The molecule has 0 spiro atoms. The highest BCUT2D eigenvalue weighted by Crippen LogP contribution is 2.24. The maximum Gasteiger partial charge on any atom is 0.243 e. The van der Waals surface area contributed by atoms with Crippen LogP contribution in [-0.4, -0.2) is 49.3 Å². The van der Waals surface area contributed by atoms with Crippen LogP contribution in [0, 0.1) is 13.8 Å². The molecule has 27 heavy (non-hydrogen) atoms. The first-order valence-electron chi connectivity index (χ1n) is 9.66. The molecule has 0 aromatic heterocycles.